The van der Waals surface area contributed by atoms with Crippen LogP contribution in [0.1, 0.15) is 40.0 Å². The van der Waals surface area contributed by atoms with Crippen LogP contribution in [0.2, 0.25) is 0 Å². The molecule has 0 atom stereocenters. The summed E-state index contributed by atoms with van der Waals surface area (Å²) in [6.45, 7) is 5.72. The van der Waals surface area contributed by atoms with Gasteiger partial charge >= 0.3 is 5.97 Å². The molecule has 21 heteroatoms. The number of rotatable bonds is 11. The Hall–Kier alpha value is -5.71. The molecule has 1 aliphatic carbocycles. The third-order valence-electron chi connectivity index (χ3n) is 10.7. The summed E-state index contributed by atoms with van der Waals surface area (Å²) in [5.41, 5.74) is -2.01. The number of carbonyl (C=O) groups is 1. The first-order valence-corrected chi connectivity index (χ1v) is 23.4. The van der Waals surface area contributed by atoms with Gasteiger partial charge in [0.25, 0.3) is 20.2 Å². The van der Waals surface area contributed by atoms with Crippen molar-refractivity contribution in [1.82, 2.24) is 4.31 Å². The van der Waals surface area contributed by atoms with Gasteiger partial charge in [-0.3, -0.25) is 13.9 Å². The molecule has 7 rings (SSSR count). The van der Waals surface area contributed by atoms with E-state index in [4.69, 9.17) is 9.15 Å². The van der Waals surface area contributed by atoms with E-state index in [-0.39, 0.29) is 63.0 Å². The Labute approximate surface area is 358 Å². The molecule has 3 N–H and O–H groups in total. The van der Waals surface area contributed by atoms with E-state index < -0.39 is 86.0 Å². The van der Waals surface area contributed by atoms with Crippen LogP contribution in [0.15, 0.2) is 109 Å². The number of benzene rings is 5. The molecule has 0 aromatic heterocycles. The molecule has 332 valence electrons. The van der Waals surface area contributed by atoms with E-state index in [1.165, 1.54) is 77.1 Å². The summed E-state index contributed by atoms with van der Waals surface area (Å²) in [6.07, 6.45) is 0.827. The summed E-state index contributed by atoms with van der Waals surface area (Å²) < 4.78 is 168. The molecule has 63 heavy (non-hydrogen) atoms. The molecule has 0 unspecified atom stereocenters. The first-order valence-electron chi connectivity index (χ1n) is 19.0. The van der Waals surface area contributed by atoms with Crippen LogP contribution in [0, 0.1) is 28.7 Å². The molecule has 14 nitrogen and oxygen atoms in total. The number of esters is 1. The highest BCUT2D eigenvalue weighted by Gasteiger charge is 2.36. The summed E-state index contributed by atoms with van der Waals surface area (Å²) in [4.78, 5) is 14.6. The predicted octanol–water partition coefficient (Wildman–Crippen LogP) is 8.36. The lowest BCUT2D eigenvalue weighted by Gasteiger charge is -2.32. The molecule has 1 saturated heterocycles. The number of halogens is 4. The van der Waals surface area contributed by atoms with Crippen molar-refractivity contribution in [1.29, 1.82) is 0 Å². The van der Waals surface area contributed by atoms with Gasteiger partial charge < -0.3 is 14.5 Å². The van der Waals surface area contributed by atoms with Gasteiger partial charge in [-0.2, -0.15) is 21.1 Å². The average molecular weight is 932 g/mol. The van der Waals surface area contributed by atoms with Gasteiger partial charge in [0.15, 0.2) is 23.3 Å². The second-order valence-corrected chi connectivity index (χ2v) is 20.0. The molecule has 0 radical (unpaired) electrons. The van der Waals surface area contributed by atoms with Gasteiger partial charge in [-0.15, -0.1) is 0 Å². The van der Waals surface area contributed by atoms with Gasteiger partial charge in [0.1, 0.15) is 22.3 Å². The quantitative estimate of drug-likeness (QED) is 0.0280. The fourth-order valence-electron chi connectivity index (χ4n) is 6.89. The number of nitrogens with zero attached hydrogens (tertiary/aromatic N) is 2. The largest absolute Gasteiger partial charge is 0.462 e. The van der Waals surface area contributed by atoms with Crippen LogP contribution in [0.3, 0.4) is 0 Å². The normalized spacial score (nSPS) is 15.0. The number of piperidine rings is 1. The van der Waals surface area contributed by atoms with E-state index in [1.807, 2.05) is 6.92 Å². The predicted molar refractivity (Wildman–Crippen MR) is 221 cm³/mol. The van der Waals surface area contributed by atoms with Gasteiger partial charge in [0, 0.05) is 58.7 Å². The maximum Gasteiger partial charge on any atom is 0.311 e. The lowest BCUT2D eigenvalue weighted by Crippen LogP contribution is -2.42. The standard InChI is InChI=1S/C42H37F4N3O11S3/c1-4-42(2,3)41(50)59-27-17-19-49(20-18-27)61(51,52)28-11-5-23(6-12-28)47-25-9-15-30-32(21-25)60-33-22-26(48-24-7-13-29(14-8-24)62(53,54)55)10-16-31(33)34(30)35-36(43)37(44)38(45)39(46)40(35)63(56,57)58/h5-16,21-22,27,47H,4,17-20H2,1-3H3,(H,53,54,55)(H,56,57,58). The average Bonchev–Trinajstić information content (AvgIpc) is 3.23. The molecule has 2 aliphatic heterocycles. The third-order valence-corrected chi connectivity index (χ3v) is 14.4. The van der Waals surface area contributed by atoms with E-state index >= 15 is 8.78 Å². The third kappa shape index (κ3) is 9.06. The molecular weight excluding hydrogens is 895 g/mol. The zero-order valence-corrected chi connectivity index (χ0v) is 35.8. The summed E-state index contributed by atoms with van der Waals surface area (Å²) >= 11 is 0. The van der Waals surface area contributed by atoms with Crippen LogP contribution in [-0.2, 0) is 39.8 Å². The molecule has 0 amide bonds. The lowest BCUT2D eigenvalue weighted by molar-refractivity contribution is -0.161. The van der Waals surface area contributed by atoms with Crippen molar-refractivity contribution in [3.63, 3.8) is 0 Å². The van der Waals surface area contributed by atoms with E-state index in [9.17, 15) is 47.9 Å². The molecule has 4 aromatic rings. The fourth-order valence-corrected chi connectivity index (χ4v) is 9.60. The number of sulfonamides is 1. The highest BCUT2D eigenvalue weighted by molar-refractivity contribution is 7.89. The minimum Gasteiger partial charge on any atom is -0.462 e. The van der Waals surface area contributed by atoms with Gasteiger partial charge in [0.2, 0.25) is 10.0 Å². The smallest absolute Gasteiger partial charge is 0.311 e. The number of hydrogen-bond acceptors (Lipinski definition) is 11. The van der Waals surface area contributed by atoms with Crippen molar-refractivity contribution in [2.24, 2.45) is 10.4 Å². The lowest BCUT2D eigenvalue weighted by atomic mass is 9.90. The van der Waals surface area contributed by atoms with Crippen molar-refractivity contribution in [3.8, 4) is 22.5 Å². The zero-order valence-electron chi connectivity index (χ0n) is 33.4. The Bertz CT molecular complexity index is 3170. The van der Waals surface area contributed by atoms with Gasteiger partial charge in [-0.1, -0.05) is 6.92 Å². The molecule has 0 spiro atoms. The Kier molecular flexibility index (Phi) is 12.1. The highest BCUT2D eigenvalue weighted by atomic mass is 32.2. The van der Waals surface area contributed by atoms with E-state index in [0.29, 0.717) is 24.9 Å². The van der Waals surface area contributed by atoms with Crippen LogP contribution in [-0.4, -0.2) is 63.8 Å². The molecule has 1 fully saturated rings. The van der Waals surface area contributed by atoms with Crippen molar-refractivity contribution in [2.45, 2.75) is 60.8 Å². The Morgan fingerprint density at radius 1 is 0.778 bits per heavy atom. The number of hydrogen-bond donors (Lipinski definition) is 3. The summed E-state index contributed by atoms with van der Waals surface area (Å²) in [5, 5.41) is 3.03. The van der Waals surface area contributed by atoms with Crippen LogP contribution in [0.4, 0.5) is 34.6 Å². The maximum atomic E-state index is 15.8. The molecule has 0 bridgehead atoms. The molecule has 2 heterocycles. The summed E-state index contributed by atoms with van der Waals surface area (Å²) in [6, 6.07) is 18.3. The van der Waals surface area contributed by atoms with Crippen LogP contribution in [0.5, 0.6) is 0 Å². The van der Waals surface area contributed by atoms with Gasteiger partial charge in [-0.05, 0) is 106 Å². The van der Waals surface area contributed by atoms with Crippen molar-refractivity contribution in [2.75, 3.05) is 18.4 Å². The van der Waals surface area contributed by atoms with E-state index in [1.54, 1.807) is 13.8 Å². The molecule has 0 saturated carbocycles. The number of ether oxygens (including phenoxy) is 1. The van der Waals surface area contributed by atoms with Gasteiger partial charge in [0.05, 0.1) is 26.3 Å². The number of nitrogens with one attached hydrogen (secondary N) is 1. The zero-order chi connectivity index (χ0) is 45.8. The van der Waals surface area contributed by atoms with Crippen molar-refractivity contribution in [3.05, 3.63) is 114 Å². The topological polar surface area (TPSA) is 210 Å². The maximum absolute atomic E-state index is 15.8. The minimum absolute atomic E-state index is 0.00810. The molecule has 4 aromatic carbocycles. The second kappa shape index (κ2) is 16.8. The van der Waals surface area contributed by atoms with E-state index in [2.05, 4.69) is 10.3 Å². The van der Waals surface area contributed by atoms with E-state index in [0.717, 1.165) is 12.1 Å². The second-order valence-electron chi connectivity index (χ2n) is 15.3. The van der Waals surface area contributed by atoms with Crippen LogP contribution in [0.25, 0.3) is 33.4 Å². The minimum atomic E-state index is -5.77. The monoisotopic (exact) mass is 931 g/mol. The number of anilines is 2. The first-order chi connectivity index (χ1) is 29.5. The molecular formula is C42H37F4N3O11S3. The van der Waals surface area contributed by atoms with Crippen LogP contribution >= 0.6 is 0 Å². The van der Waals surface area contributed by atoms with Gasteiger partial charge in [-0.25, -0.2) is 31.0 Å². The summed E-state index contributed by atoms with van der Waals surface area (Å²) in [5.74, 6) is -9.87. The number of fused-ring (bicyclic) bond motifs is 2. The SMILES string of the molecule is CCC(C)(C)C(=O)OC1CCN(S(=O)(=O)c2ccc(Nc3ccc4c(-c5c(F)c(F)c(F)c(F)c5S(=O)(=O)O)c5ccc(=Nc6ccc(S(=O)(=O)O)cc6)cc-5oc4c3)cc2)CC1. The number of carbonyl (C=O) groups excluding carboxylic acids is 1. The first kappa shape index (κ1) is 45.3. The molecule has 3 aliphatic rings. The summed E-state index contributed by atoms with van der Waals surface area (Å²) in [7, 11) is -14.2. The Morgan fingerprint density at radius 3 is 1.98 bits per heavy atom. The Morgan fingerprint density at radius 2 is 1.38 bits per heavy atom. The van der Waals surface area contributed by atoms with Crippen molar-refractivity contribution >= 4 is 64.3 Å². The Balaban J connectivity index is 1.25. The highest BCUT2D eigenvalue weighted by Crippen LogP contribution is 2.46. The fraction of sp³-hybridized carbons (Fsp3) is 0.238. The van der Waals surface area contributed by atoms with Crippen molar-refractivity contribution < 1.29 is 65.9 Å². The van der Waals surface area contributed by atoms with Crippen LogP contribution < -0.4 is 10.7 Å².